The molecule has 3 rings (SSSR count). The Morgan fingerprint density at radius 2 is 1.75 bits per heavy atom. The van der Waals surface area contributed by atoms with Crippen LogP contribution in [0.4, 0.5) is 5.69 Å². The van der Waals surface area contributed by atoms with E-state index in [9.17, 15) is 9.59 Å². The SMILES string of the molecule is O=C(CNC(=O)c1ccccc1)Nc1ccc(-c2nccs2)cc1. The molecule has 0 bridgehead atoms. The molecular formula is C18H15N3O2S. The lowest BCUT2D eigenvalue weighted by Gasteiger charge is -2.07. The Hall–Kier alpha value is -2.99. The van der Waals surface area contributed by atoms with Crippen LogP contribution in [-0.2, 0) is 4.79 Å². The molecule has 2 amide bonds. The molecule has 0 unspecified atom stereocenters. The molecule has 0 spiro atoms. The predicted molar refractivity (Wildman–Crippen MR) is 95.0 cm³/mol. The van der Waals surface area contributed by atoms with Crippen molar-refractivity contribution in [2.75, 3.05) is 11.9 Å². The van der Waals surface area contributed by atoms with E-state index in [1.165, 1.54) is 0 Å². The summed E-state index contributed by atoms with van der Waals surface area (Å²) in [5.74, 6) is -0.550. The zero-order chi connectivity index (χ0) is 16.8. The Bertz CT molecular complexity index is 815. The lowest BCUT2D eigenvalue weighted by atomic mass is 10.2. The largest absolute Gasteiger partial charge is 0.343 e. The lowest BCUT2D eigenvalue weighted by molar-refractivity contribution is -0.115. The van der Waals surface area contributed by atoms with Gasteiger partial charge < -0.3 is 10.6 Å². The average molecular weight is 337 g/mol. The number of carbonyl (C=O) groups excluding carboxylic acids is 2. The minimum Gasteiger partial charge on any atom is -0.343 e. The first-order valence-electron chi connectivity index (χ1n) is 7.35. The second-order valence-electron chi connectivity index (χ2n) is 5.01. The fourth-order valence-electron chi connectivity index (χ4n) is 2.12. The number of carbonyl (C=O) groups is 2. The summed E-state index contributed by atoms with van der Waals surface area (Å²) >= 11 is 1.56. The quantitative estimate of drug-likeness (QED) is 0.751. The summed E-state index contributed by atoms with van der Waals surface area (Å²) in [5, 5.41) is 8.19. The molecule has 1 aromatic heterocycles. The summed E-state index contributed by atoms with van der Waals surface area (Å²) in [6, 6.07) is 16.2. The van der Waals surface area contributed by atoms with Gasteiger partial charge in [-0.25, -0.2) is 4.98 Å². The van der Waals surface area contributed by atoms with Gasteiger partial charge in [-0.1, -0.05) is 18.2 Å². The first-order valence-corrected chi connectivity index (χ1v) is 8.23. The Labute approximate surface area is 143 Å². The van der Waals surface area contributed by atoms with Gasteiger partial charge in [-0.15, -0.1) is 11.3 Å². The number of aromatic nitrogens is 1. The van der Waals surface area contributed by atoms with E-state index in [1.54, 1.807) is 41.8 Å². The summed E-state index contributed by atoms with van der Waals surface area (Å²) in [4.78, 5) is 28.0. The average Bonchev–Trinajstić information content (AvgIpc) is 3.16. The molecule has 0 fully saturated rings. The number of nitrogens with zero attached hydrogens (tertiary/aromatic N) is 1. The number of thiazole rings is 1. The van der Waals surface area contributed by atoms with Crippen LogP contribution in [-0.4, -0.2) is 23.3 Å². The standard InChI is InChI=1S/C18H15N3O2S/c22-16(12-20-17(23)13-4-2-1-3-5-13)21-15-8-6-14(7-9-15)18-19-10-11-24-18/h1-11H,12H2,(H,20,23)(H,21,22). The third-order valence-electron chi connectivity index (χ3n) is 3.29. The van der Waals surface area contributed by atoms with Crippen LogP contribution in [0.15, 0.2) is 66.2 Å². The smallest absolute Gasteiger partial charge is 0.251 e. The van der Waals surface area contributed by atoms with Crippen molar-refractivity contribution in [3.8, 4) is 10.6 Å². The van der Waals surface area contributed by atoms with Crippen LogP contribution >= 0.6 is 11.3 Å². The summed E-state index contributed by atoms with van der Waals surface area (Å²) in [7, 11) is 0. The molecule has 0 saturated heterocycles. The summed E-state index contributed by atoms with van der Waals surface area (Å²) < 4.78 is 0. The van der Waals surface area contributed by atoms with Crippen LogP contribution in [0, 0.1) is 0 Å². The van der Waals surface area contributed by atoms with Crippen LogP contribution in [0.1, 0.15) is 10.4 Å². The molecule has 2 N–H and O–H groups in total. The van der Waals surface area contributed by atoms with Crippen LogP contribution in [0.5, 0.6) is 0 Å². The number of hydrogen-bond donors (Lipinski definition) is 2. The molecule has 3 aromatic rings. The minimum absolute atomic E-state index is 0.0814. The molecule has 0 atom stereocenters. The lowest BCUT2D eigenvalue weighted by Crippen LogP contribution is -2.32. The van der Waals surface area contributed by atoms with E-state index < -0.39 is 0 Å². The molecule has 0 aliphatic rings. The highest BCUT2D eigenvalue weighted by molar-refractivity contribution is 7.13. The van der Waals surface area contributed by atoms with Crippen molar-refractivity contribution in [2.45, 2.75) is 0 Å². The number of rotatable bonds is 5. The summed E-state index contributed by atoms with van der Waals surface area (Å²) in [6.45, 7) is -0.0814. The minimum atomic E-state index is -0.277. The van der Waals surface area contributed by atoms with E-state index in [0.29, 0.717) is 11.3 Å². The Morgan fingerprint density at radius 1 is 1.00 bits per heavy atom. The Kier molecular flexibility index (Phi) is 4.98. The van der Waals surface area contributed by atoms with Crippen LogP contribution < -0.4 is 10.6 Å². The molecule has 2 aromatic carbocycles. The maximum Gasteiger partial charge on any atom is 0.251 e. The molecule has 0 aliphatic heterocycles. The van der Waals surface area contributed by atoms with Crippen molar-refractivity contribution in [1.29, 1.82) is 0 Å². The van der Waals surface area contributed by atoms with Gasteiger partial charge in [0.2, 0.25) is 5.91 Å². The van der Waals surface area contributed by atoms with E-state index in [1.807, 2.05) is 35.7 Å². The van der Waals surface area contributed by atoms with Crippen LogP contribution in [0.3, 0.4) is 0 Å². The molecule has 5 nitrogen and oxygen atoms in total. The van der Waals surface area contributed by atoms with Crippen molar-refractivity contribution in [3.63, 3.8) is 0 Å². The number of anilines is 1. The Morgan fingerprint density at radius 3 is 2.42 bits per heavy atom. The highest BCUT2D eigenvalue weighted by Gasteiger charge is 2.08. The van der Waals surface area contributed by atoms with Gasteiger partial charge in [0, 0.05) is 28.4 Å². The zero-order valence-electron chi connectivity index (χ0n) is 12.7. The second-order valence-corrected chi connectivity index (χ2v) is 5.91. The first kappa shape index (κ1) is 15.9. The van der Waals surface area contributed by atoms with Gasteiger partial charge in [0.25, 0.3) is 5.91 Å². The number of hydrogen-bond acceptors (Lipinski definition) is 4. The van der Waals surface area contributed by atoms with Gasteiger partial charge in [0.05, 0.1) is 6.54 Å². The van der Waals surface area contributed by atoms with Crippen molar-refractivity contribution in [1.82, 2.24) is 10.3 Å². The third kappa shape index (κ3) is 4.05. The summed E-state index contributed by atoms with van der Waals surface area (Å²) in [5.41, 5.74) is 2.20. The Balaban J connectivity index is 1.52. The van der Waals surface area contributed by atoms with Gasteiger partial charge in [-0.3, -0.25) is 9.59 Å². The van der Waals surface area contributed by atoms with Gasteiger partial charge in [0.15, 0.2) is 0 Å². The third-order valence-corrected chi connectivity index (χ3v) is 4.12. The molecule has 24 heavy (non-hydrogen) atoms. The molecule has 0 radical (unpaired) electrons. The highest BCUT2D eigenvalue weighted by atomic mass is 32.1. The molecule has 6 heteroatoms. The van der Waals surface area contributed by atoms with E-state index in [4.69, 9.17) is 0 Å². The van der Waals surface area contributed by atoms with Crippen molar-refractivity contribution in [3.05, 3.63) is 71.7 Å². The van der Waals surface area contributed by atoms with Crippen molar-refractivity contribution in [2.24, 2.45) is 0 Å². The van der Waals surface area contributed by atoms with Gasteiger partial charge in [-0.2, -0.15) is 0 Å². The maximum atomic E-state index is 11.9. The first-order chi connectivity index (χ1) is 11.7. The van der Waals surface area contributed by atoms with Gasteiger partial charge >= 0.3 is 0 Å². The topological polar surface area (TPSA) is 71.1 Å². The maximum absolute atomic E-state index is 11.9. The number of benzene rings is 2. The molecule has 0 saturated carbocycles. The number of amides is 2. The van der Waals surface area contributed by atoms with Gasteiger partial charge in [-0.05, 0) is 36.4 Å². The van der Waals surface area contributed by atoms with Crippen LogP contribution in [0.2, 0.25) is 0 Å². The van der Waals surface area contributed by atoms with E-state index >= 15 is 0 Å². The number of nitrogens with one attached hydrogen (secondary N) is 2. The van der Waals surface area contributed by atoms with E-state index in [0.717, 1.165) is 10.6 Å². The fraction of sp³-hybridized carbons (Fsp3) is 0.0556. The van der Waals surface area contributed by atoms with E-state index in [-0.39, 0.29) is 18.4 Å². The van der Waals surface area contributed by atoms with E-state index in [2.05, 4.69) is 15.6 Å². The zero-order valence-corrected chi connectivity index (χ0v) is 13.5. The van der Waals surface area contributed by atoms with Gasteiger partial charge in [0.1, 0.15) is 5.01 Å². The summed E-state index contributed by atoms with van der Waals surface area (Å²) in [6.07, 6.45) is 1.76. The monoisotopic (exact) mass is 337 g/mol. The van der Waals surface area contributed by atoms with Crippen molar-refractivity contribution >= 4 is 28.8 Å². The predicted octanol–water partition coefficient (Wildman–Crippen LogP) is 3.18. The fourth-order valence-corrected chi connectivity index (χ4v) is 2.76. The normalized spacial score (nSPS) is 10.2. The van der Waals surface area contributed by atoms with Crippen molar-refractivity contribution < 1.29 is 9.59 Å². The molecule has 1 heterocycles. The highest BCUT2D eigenvalue weighted by Crippen LogP contribution is 2.23. The molecule has 120 valence electrons. The molecular weight excluding hydrogens is 322 g/mol. The molecule has 0 aliphatic carbocycles. The second kappa shape index (κ2) is 7.52. The van der Waals surface area contributed by atoms with Crippen LogP contribution in [0.25, 0.3) is 10.6 Å².